The van der Waals surface area contributed by atoms with Gasteiger partial charge in [-0.3, -0.25) is 0 Å². The second-order valence-corrected chi connectivity index (χ2v) is 4.83. The third-order valence-electron chi connectivity index (χ3n) is 3.64. The van der Waals surface area contributed by atoms with Crippen LogP contribution in [0.1, 0.15) is 32.1 Å². The van der Waals surface area contributed by atoms with Gasteiger partial charge in [0, 0.05) is 19.1 Å². The van der Waals surface area contributed by atoms with Gasteiger partial charge in [0.05, 0.1) is 0 Å². The van der Waals surface area contributed by atoms with Crippen molar-refractivity contribution in [1.29, 1.82) is 0 Å². The summed E-state index contributed by atoms with van der Waals surface area (Å²) in [6, 6.07) is 0.884. The predicted octanol–water partition coefficient (Wildman–Crippen LogP) is 0.918. The summed E-state index contributed by atoms with van der Waals surface area (Å²) in [6.45, 7) is 0.700. The fraction of sp³-hybridized carbons (Fsp3) is 0.909. The normalized spacial score (nSPS) is 30.3. The average Bonchev–Trinajstić information content (AvgIpc) is 2.92. The lowest BCUT2D eigenvalue weighted by Gasteiger charge is -2.29. The third kappa shape index (κ3) is 2.43. The number of carbonyl (C=O) groups is 1. The SMILES string of the molecule is CN(C(=O)NC1CC1)C1CCCC1CN. The van der Waals surface area contributed by atoms with Gasteiger partial charge in [-0.05, 0) is 38.1 Å². The van der Waals surface area contributed by atoms with Gasteiger partial charge in [-0.2, -0.15) is 0 Å². The van der Waals surface area contributed by atoms with E-state index in [1.807, 2.05) is 11.9 Å². The van der Waals surface area contributed by atoms with Crippen molar-refractivity contribution in [3.05, 3.63) is 0 Å². The van der Waals surface area contributed by atoms with E-state index in [0.29, 0.717) is 24.5 Å². The predicted molar refractivity (Wildman–Crippen MR) is 59.5 cm³/mol. The number of hydrogen-bond donors (Lipinski definition) is 2. The summed E-state index contributed by atoms with van der Waals surface area (Å²) in [5.74, 6) is 0.500. The lowest BCUT2D eigenvalue weighted by atomic mass is 10.0. The molecular formula is C11H21N3O. The second kappa shape index (κ2) is 4.39. The van der Waals surface area contributed by atoms with Crippen molar-refractivity contribution in [3.63, 3.8) is 0 Å². The maximum atomic E-state index is 11.8. The molecule has 86 valence electrons. The molecule has 0 aromatic rings. The molecule has 2 fully saturated rings. The number of nitrogens with two attached hydrogens (primary N) is 1. The van der Waals surface area contributed by atoms with E-state index >= 15 is 0 Å². The minimum absolute atomic E-state index is 0.0860. The van der Waals surface area contributed by atoms with Crippen LogP contribution in [-0.4, -0.2) is 36.6 Å². The third-order valence-corrected chi connectivity index (χ3v) is 3.64. The molecule has 0 radical (unpaired) electrons. The van der Waals surface area contributed by atoms with Gasteiger partial charge >= 0.3 is 6.03 Å². The van der Waals surface area contributed by atoms with E-state index in [4.69, 9.17) is 5.73 Å². The fourth-order valence-corrected chi connectivity index (χ4v) is 2.46. The quantitative estimate of drug-likeness (QED) is 0.729. The van der Waals surface area contributed by atoms with Crippen LogP contribution in [0.15, 0.2) is 0 Å². The summed E-state index contributed by atoms with van der Waals surface area (Å²) in [4.78, 5) is 13.7. The van der Waals surface area contributed by atoms with Crippen molar-refractivity contribution in [2.24, 2.45) is 11.7 Å². The van der Waals surface area contributed by atoms with Crippen molar-refractivity contribution in [2.45, 2.75) is 44.2 Å². The summed E-state index contributed by atoms with van der Waals surface area (Å²) in [7, 11) is 1.90. The Balaban J connectivity index is 1.87. The molecule has 15 heavy (non-hydrogen) atoms. The van der Waals surface area contributed by atoms with Crippen LogP contribution in [0.4, 0.5) is 4.79 Å². The van der Waals surface area contributed by atoms with Crippen LogP contribution in [-0.2, 0) is 0 Å². The highest BCUT2D eigenvalue weighted by molar-refractivity contribution is 5.75. The lowest BCUT2D eigenvalue weighted by molar-refractivity contribution is 0.176. The average molecular weight is 211 g/mol. The van der Waals surface area contributed by atoms with Gasteiger partial charge in [0.1, 0.15) is 0 Å². The molecule has 0 heterocycles. The van der Waals surface area contributed by atoms with Gasteiger partial charge in [-0.15, -0.1) is 0 Å². The number of nitrogens with one attached hydrogen (secondary N) is 1. The Labute approximate surface area is 91.2 Å². The lowest BCUT2D eigenvalue weighted by Crippen LogP contribution is -2.47. The fourth-order valence-electron chi connectivity index (χ4n) is 2.46. The van der Waals surface area contributed by atoms with Crippen molar-refractivity contribution in [2.75, 3.05) is 13.6 Å². The van der Waals surface area contributed by atoms with Crippen molar-refractivity contribution < 1.29 is 4.79 Å². The van der Waals surface area contributed by atoms with Crippen LogP contribution < -0.4 is 11.1 Å². The number of amides is 2. The molecule has 2 amide bonds. The molecule has 2 saturated carbocycles. The monoisotopic (exact) mass is 211 g/mol. The Morgan fingerprint density at radius 3 is 2.73 bits per heavy atom. The minimum Gasteiger partial charge on any atom is -0.335 e. The summed E-state index contributed by atoms with van der Waals surface area (Å²) in [6.07, 6.45) is 5.77. The van der Waals surface area contributed by atoms with Crippen LogP contribution in [0.3, 0.4) is 0 Å². The zero-order valence-electron chi connectivity index (χ0n) is 9.41. The highest BCUT2D eigenvalue weighted by Crippen LogP contribution is 2.29. The Morgan fingerprint density at radius 1 is 1.40 bits per heavy atom. The Kier molecular flexibility index (Phi) is 3.14. The molecule has 2 atom stereocenters. The van der Waals surface area contributed by atoms with Crippen molar-refractivity contribution >= 4 is 6.03 Å². The molecule has 2 rings (SSSR count). The molecule has 0 spiro atoms. The first-order valence-corrected chi connectivity index (χ1v) is 5.95. The number of nitrogens with zero attached hydrogens (tertiary/aromatic N) is 1. The van der Waals surface area contributed by atoms with Crippen LogP contribution >= 0.6 is 0 Å². The van der Waals surface area contributed by atoms with Crippen molar-refractivity contribution in [3.8, 4) is 0 Å². The van der Waals surface area contributed by atoms with Gasteiger partial charge in [-0.25, -0.2) is 4.79 Å². The van der Waals surface area contributed by atoms with E-state index in [1.54, 1.807) is 0 Å². The number of rotatable bonds is 3. The molecule has 4 heteroatoms. The summed E-state index contributed by atoms with van der Waals surface area (Å²) in [5, 5.41) is 3.02. The smallest absolute Gasteiger partial charge is 0.317 e. The van der Waals surface area contributed by atoms with E-state index in [2.05, 4.69) is 5.32 Å². The zero-order chi connectivity index (χ0) is 10.8. The van der Waals surface area contributed by atoms with Crippen molar-refractivity contribution in [1.82, 2.24) is 10.2 Å². The number of carbonyl (C=O) groups excluding carboxylic acids is 1. The molecule has 2 aliphatic rings. The maximum Gasteiger partial charge on any atom is 0.317 e. The minimum atomic E-state index is 0.0860. The van der Waals surface area contributed by atoms with Gasteiger partial charge in [-0.1, -0.05) is 6.42 Å². The molecule has 0 aromatic heterocycles. The summed E-state index contributed by atoms with van der Waals surface area (Å²) < 4.78 is 0. The van der Waals surface area contributed by atoms with Gasteiger partial charge in [0.2, 0.25) is 0 Å². The van der Waals surface area contributed by atoms with Crippen LogP contribution in [0.5, 0.6) is 0 Å². The molecule has 0 saturated heterocycles. The van der Waals surface area contributed by atoms with E-state index in [-0.39, 0.29) is 6.03 Å². The molecular weight excluding hydrogens is 190 g/mol. The number of hydrogen-bond acceptors (Lipinski definition) is 2. The zero-order valence-corrected chi connectivity index (χ0v) is 9.41. The molecule has 0 aliphatic heterocycles. The highest BCUT2D eigenvalue weighted by Gasteiger charge is 2.33. The first kappa shape index (κ1) is 10.7. The Morgan fingerprint density at radius 2 is 2.13 bits per heavy atom. The van der Waals surface area contributed by atoms with E-state index in [0.717, 1.165) is 19.3 Å². The standard InChI is InChI=1S/C11H21N3O/c1-14(11(15)13-9-5-6-9)10-4-2-3-8(10)7-12/h8-10H,2-7,12H2,1H3,(H,13,15). The van der Waals surface area contributed by atoms with Crippen LogP contribution in [0.2, 0.25) is 0 Å². The van der Waals surface area contributed by atoms with E-state index < -0.39 is 0 Å². The van der Waals surface area contributed by atoms with Gasteiger partial charge < -0.3 is 16.0 Å². The molecule has 0 aromatic carbocycles. The largest absolute Gasteiger partial charge is 0.335 e. The first-order valence-electron chi connectivity index (χ1n) is 5.95. The van der Waals surface area contributed by atoms with Crippen LogP contribution in [0, 0.1) is 5.92 Å². The molecule has 3 N–H and O–H groups in total. The molecule has 0 bridgehead atoms. The Bertz CT molecular complexity index is 240. The molecule has 2 unspecified atom stereocenters. The first-order chi connectivity index (χ1) is 7.22. The van der Waals surface area contributed by atoms with E-state index in [9.17, 15) is 4.79 Å². The molecule has 4 nitrogen and oxygen atoms in total. The second-order valence-electron chi connectivity index (χ2n) is 4.83. The number of urea groups is 1. The highest BCUT2D eigenvalue weighted by atomic mass is 16.2. The topological polar surface area (TPSA) is 58.4 Å². The van der Waals surface area contributed by atoms with Crippen LogP contribution in [0.25, 0.3) is 0 Å². The van der Waals surface area contributed by atoms with E-state index in [1.165, 1.54) is 12.8 Å². The summed E-state index contributed by atoms with van der Waals surface area (Å²) >= 11 is 0. The van der Waals surface area contributed by atoms with Gasteiger partial charge in [0.15, 0.2) is 0 Å². The Hall–Kier alpha value is -0.770. The maximum absolute atomic E-state index is 11.8. The molecule has 2 aliphatic carbocycles. The van der Waals surface area contributed by atoms with Gasteiger partial charge in [0.25, 0.3) is 0 Å². The summed E-state index contributed by atoms with van der Waals surface area (Å²) in [5.41, 5.74) is 5.72.